The van der Waals surface area contributed by atoms with E-state index in [1.165, 1.54) is 0 Å². The third-order valence-electron chi connectivity index (χ3n) is 4.07. The minimum atomic E-state index is 0.281. The molecule has 0 aliphatic heterocycles. The van der Waals surface area contributed by atoms with Gasteiger partial charge in [0.15, 0.2) is 11.3 Å². The Kier molecular flexibility index (Phi) is 5.90. The van der Waals surface area contributed by atoms with Crippen molar-refractivity contribution in [3.05, 3.63) is 40.5 Å². The average Bonchev–Trinajstić information content (AvgIpc) is 3.05. The molecule has 0 unspecified atom stereocenters. The van der Waals surface area contributed by atoms with Crippen molar-refractivity contribution >= 4 is 34.4 Å². The zero-order valence-electron chi connectivity index (χ0n) is 15.0. The van der Waals surface area contributed by atoms with Crippen molar-refractivity contribution in [3.63, 3.8) is 0 Å². The molecule has 0 aliphatic carbocycles. The molecule has 0 amide bonds. The summed E-state index contributed by atoms with van der Waals surface area (Å²) in [6.45, 7) is 6.11. The van der Waals surface area contributed by atoms with Gasteiger partial charge in [0.2, 0.25) is 5.95 Å². The van der Waals surface area contributed by atoms with Gasteiger partial charge in [-0.1, -0.05) is 43.6 Å². The van der Waals surface area contributed by atoms with Crippen molar-refractivity contribution in [3.8, 4) is 0 Å². The van der Waals surface area contributed by atoms with Crippen molar-refractivity contribution in [2.75, 3.05) is 23.7 Å². The molecule has 0 bridgehead atoms. The number of fused-ring (bicyclic) bond motifs is 1. The van der Waals surface area contributed by atoms with Gasteiger partial charge >= 0.3 is 0 Å². The lowest BCUT2D eigenvalue weighted by atomic mass is 10.1. The van der Waals surface area contributed by atoms with E-state index in [0.29, 0.717) is 24.9 Å². The Morgan fingerprint density at radius 1 is 1.15 bits per heavy atom. The van der Waals surface area contributed by atoms with Crippen LogP contribution in [-0.4, -0.2) is 33.3 Å². The fourth-order valence-electron chi connectivity index (χ4n) is 2.65. The van der Waals surface area contributed by atoms with Crippen LogP contribution in [0.5, 0.6) is 0 Å². The van der Waals surface area contributed by atoms with E-state index in [2.05, 4.69) is 44.6 Å². The van der Waals surface area contributed by atoms with E-state index < -0.39 is 0 Å². The zero-order valence-corrected chi connectivity index (χ0v) is 15.8. The van der Waals surface area contributed by atoms with Gasteiger partial charge in [-0.2, -0.15) is 10.1 Å². The van der Waals surface area contributed by atoms with Crippen LogP contribution in [0, 0.1) is 0 Å². The average molecular weight is 374 g/mol. The number of benzene rings is 1. The van der Waals surface area contributed by atoms with E-state index in [0.717, 1.165) is 40.3 Å². The molecule has 0 saturated carbocycles. The summed E-state index contributed by atoms with van der Waals surface area (Å²) in [5.41, 5.74) is 9.11. The summed E-state index contributed by atoms with van der Waals surface area (Å²) in [7, 11) is 0. The Balaban J connectivity index is 1.92. The van der Waals surface area contributed by atoms with Crippen LogP contribution in [-0.2, 0) is 6.54 Å². The van der Waals surface area contributed by atoms with Crippen LogP contribution in [0.2, 0.25) is 5.02 Å². The standard InChI is InChI=1S/C18H24ClN7/c1-11(2)14-15-16(26-25-14)17(24-18(23-15)21-9-5-8-20)22-10-12-6-3-4-7-13(12)19/h3-4,6-7,11H,5,8-10,20H2,1-2H3,(H,25,26)(H2,21,22,23,24). The van der Waals surface area contributed by atoms with Gasteiger partial charge in [0.25, 0.3) is 0 Å². The lowest BCUT2D eigenvalue weighted by Crippen LogP contribution is -2.12. The Bertz CT molecular complexity index is 875. The summed E-state index contributed by atoms with van der Waals surface area (Å²) in [6, 6.07) is 7.73. The first-order valence-corrected chi connectivity index (χ1v) is 9.15. The normalized spacial score (nSPS) is 11.3. The van der Waals surface area contributed by atoms with Gasteiger partial charge in [0.05, 0.1) is 5.69 Å². The number of hydrogen-bond acceptors (Lipinski definition) is 6. The van der Waals surface area contributed by atoms with Crippen LogP contribution in [0.3, 0.4) is 0 Å². The van der Waals surface area contributed by atoms with Crippen LogP contribution in [0.15, 0.2) is 24.3 Å². The molecule has 2 aromatic heterocycles. The van der Waals surface area contributed by atoms with Gasteiger partial charge < -0.3 is 16.4 Å². The molecule has 138 valence electrons. The lowest BCUT2D eigenvalue weighted by Gasteiger charge is -2.11. The maximum absolute atomic E-state index is 6.25. The fraction of sp³-hybridized carbons (Fsp3) is 0.389. The van der Waals surface area contributed by atoms with Crippen LogP contribution >= 0.6 is 11.6 Å². The highest BCUT2D eigenvalue weighted by Gasteiger charge is 2.16. The van der Waals surface area contributed by atoms with Gasteiger partial charge in [0, 0.05) is 18.1 Å². The number of aromatic amines is 1. The highest BCUT2D eigenvalue weighted by molar-refractivity contribution is 6.31. The number of H-pyrrole nitrogens is 1. The van der Waals surface area contributed by atoms with E-state index >= 15 is 0 Å². The Hall–Kier alpha value is -2.38. The first-order chi connectivity index (χ1) is 12.6. The predicted octanol–water partition coefficient (Wildman–Crippen LogP) is 3.50. The monoisotopic (exact) mass is 373 g/mol. The molecule has 5 N–H and O–H groups in total. The molecular weight excluding hydrogens is 350 g/mol. The second kappa shape index (κ2) is 8.33. The number of nitrogens with zero attached hydrogens (tertiary/aromatic N) is 3. The number of hydrogen-bond donors (Lipinski definition) is 4. The number of nitrogens with one attached hydrogen (secondary N) is 3. The molecule has 0 aliphatic rings. The van der Waals surface area contributed by atoms with E-state index in [9.17, 15) is 0 Å². The van der Waals surface area contributed by atoms with E-state index in [4.69, 9.17) is 17.3 Å². The van der Waals surface area contributed by atoms with Crippen LogP contribution < -0.4 is 16.4 Å². The van der Waals surface area contributed by atoms with Crippen LogP contribution in [0.25, 0.3) is 11.0 Å². The maximum Gasteiger partial charge on any atom is 0.225 e. The van der Waals surface area contributed by atoms with Crippen molar-refractivity contribution < 1.29 is 0 Å². The number of rotatable bonds is 8. The van der Waals surface area contributed by atoms with Gasteiger partial charge in [-0.3, -0.25) is 5.10 Å². The van der Waals surface area contributed by atoms with Gasteiger partial charge in [0.1, 0.15) is 5.52 Å². The molecule has 1 aromatic carbocycles. The Morgan fingerprint density at radius 3 is 2.69 bits per heavy atom. The topological polar surface area (TPSA) is 105 Å². The first kappa shape index (κ1) is 18.4. The lowest BCUT2D eigenvalue weighted by molar-refractivity contribution is 0.815. The Morgan fingerprint density at radius 2 is 1.96 bits per heavy atom. The van der Waals surface area contributed by atoms with Crippen molar-refractivity contribution in [1.29, 1.82) is 0 Å². The molecule has 26 heavy (non-hydrogen) atoms. The molecule has 3 aromatic rings. The summed E-state index contributed by atoms with van der Waals surface area (Å²) in [4.78, 5) is 9.23. The summed E-state index contributed by atoms with van der Waals surface area (Å²) >= 11 is 6.25. The second-order valence-electron chi connectivity index (χ2n) is 6.40. The molecule has 0 radical (unpaired) electrons. The van der Waals surface area contributed by atoms with E-state index in [-0.39, 0.29) is 5.92 Å². The second-order valence-corrected chi connectivity index (χ2v) is 6.81. The zero-order chi connectivity index (χ0) is 18.5. The summed E-state index contributed by atoms with van der Waals surface area (Å²) < 4.78 is 0. The molecule has 0 fully saturated rings. The molecule has 2 heterocycles. The molecule has 3 rings (SSSR count). The van der Waals surface area contributed by atoms with Crippen molar-refractivity contribution in [1.82, 2.24) is 20.2 Å². The highest BCUT2D eigenvalue weighted by Crippen LogP contribution is 2.27. The van der Waals surface area contributed by atoms with Gasteiger partial charge in [-0.15, -0.1) is 0 Å². The summed E-state index contributed by atoms with van der Waals surface area (Å²) in [6.07, 6.45) is 0.853. The first-order valence-electron chi connectivity index (χ1n) is 8.77. The third kappa shape index (κ3) is 4.05. The van der Waals surface area contributed by atoms with Crippen molar-refractivity contribution in [2.24, 2.45) is 5.73 Å². The highest BCUT2D eigenvalue weighted by atomic mass is 35.5. The minimum Gasteiger partial charge on any atom is -0.364 e. The maximum atomic E-state index is 6.25. The molecule has 8 heteroatoms. The Labute approximate surface area is 157 Å². The number of aromatic nitrogens is 4. The summed E-state index contributed by atoms with van der Waals surface area (Å²) in [5, 5.41) is 14.8. The number of anilines is 2. The quantitative estimate of drug-likeness (QED) is 0.450. The third-order valence-corrected chi connectivity index (χ3v) is 4.44. The van der Waals surface area contributed by atoms with Crippen LogP contribution in [0.1, 0.15) is 37.4 Å². The number of nitrogens with two attached hydrogens (primary N) is 1. The van der Waals surface area contributed by atoms with E-state index in [1.54, 1.807) is 0 Å². The molecule has 0 saturated heterocycles. The van der Waals surface area contributed by atoms with Crippen LogP contribution in [0.4, 0.5) is 11.8 Å². The minimum absolute atomic E-state index is 0.281. The predicted molar refractivity (Wildman–Crippen MR) is 107 cm³/mol. The molecule has 7 nitrogen and oxygen atoms in total. The van der Waals surface area contributed by atoms with Crippen molar-refractivity contribution in [2.45, 2.75) is 32.7 Å². The molecule has 0 atom stereocenters. The van der Waals surface area contributed by atoms with Gasteiger partial charge in [-0.25, -0.2) is 4.98 Å². The summed E-state index contributed by atoms with van der Waals surface area (Å²) in [5.74, 6) is 1.52. The molecular formula is C18H24ClN7. The fourth-order valence-corrected chi connectivity index (χ4v) is 2.85. The van der Waals surface area contributed by atoms with E-state index in [1.807, 2.05) is 24.3 Å². The molecule has 0 spiro atoms. The smallest absolute Gasteiger partial charge is 0.225 e. The largest absolute Gasteiger partial charge is 0.364 e. The number of halogens is 1. The van der Waals surface area contributed by atoms with Gasteiger partial charge in [-0.05, 0) is 30.5 Å². The SMILES string of the molecule is CC(C)c1[nH]nc2c(NCc3ccccc3Cl)nc(NCCCN)nc12.